The van der Waals surface area contributed by atoms with E-state index in [-0.39, 0.29) is 24.7 Å². The van der Waals surface area contributed by atoms with Crippen molar-refractivity contribution in [3.05, 3.63) is 0 Å². The molecule has 1 saturated heterocycles. The largest absolute Gasteiger partial charge is 0.394 e. The van der Waals surface area contributed by atoms with Gasteiger partial charge in [0.2, 0.25) is 0 Å². The first-order valence-electron chi connectivity index (χ1n) is 5.02. The highest BCUT2D eigenvalue weighted by Gasteiger charge is 2.18. The molecule has 2 amide bonds. The summed E-state index contributed by atoms with van der Waals surface area (Å²) in [4.78, 5) is 11.3. The molecule has 0 aliphatic carbocycles. The summed E-state index contributed by atoms with van der Waals surface area (Å²) < 4.78 is 5.12. The molecule has 1 rings (SSSR count). The van der Waals surface area contributed by atoms with E-state index in [4.69, 9.17) is 9.84 Å². The minimum absolute atomic E-state index is 0.0227. The van der Waals surface area contributed by atoms with Crippen molar-refractivity contribution < 1.29 is 14.6 Å². The molecule has 0 bridgehead atoms. The number of carbonyl (C=O) groups is 1. The van der Waals surface area contributed by atoms with Crippen molar-refractivity contribution in [2.45, 2.75) is 31.8 Å². The van der Waals surface area contributed by atoms with E-state index in [2.05, 4.69) is 10.6 Å². The zero-order valence-corrected chi connectivity index (χ0v) is 8.45. The normalized spacial score (nSPS) is 23.1. The van der Waals surface area contributed by atoms with Crippen molar-refractivity contribution in [1.82, 2.24) is 10.6 Å². The summed E-state index contributed by atoms with van der Waals surface area (Å²) in [6.45, 7) is 3.19. The molecule has 1 aliphatic rings. The molecule has 2 atom stereocenters. The Balaban J connectivity index is 2.20. The van der Waals surface area contributed by atoms with Crippen LogP contribution in [0, 0.1) is 0 Å². The fraction of sp³-hybridized carbons (Fsp3) is 0.889. The van der Waals surface area contributed by atoms with E-state index in [0.717, 1.165) is 12.8 Å². The van der Waals surface area contributed by atoms with Crippen LogP contribution >= 0.6 is 0 Å². The van der Waals surface area contributed by atoms with Gasteiger partial charge in [-0.2, -0.15) is 0 Å². The number of ether oxygens (including phenoxy) is 1. The van der Waals surface area contributed by atoms with Gasteiger partial charge in [0, 0.05) is 6.61 Å². The van der Waals surface area contributed by atoms with E-state index in [1.165, 1.54) is 0 Å². The van der Waals surface area contributed by atoms with Gasteiger partial charge in [0.25, 0.3) is 0 Å². The van der Waals surface area contributed by atoms with Gasteiger partial charge in [-0.15, -0.1) is 0 Å². The molecule has 0 spiro atoms. The van der Waals surface area contributed by atoms with E-state index >= 15 is 0 Å². The van der Waals surface area contributed by atoms with Crippen LogP contribution in [0.15, 0.2) is 0 Å². The van der Waals surface area contributed by atoms with Gasteiger partial charge in [0.15, 0.2) is 0 Å². The second kappa shape index (κ2) is 5.82. The number of nitrogens with one attached hydrogen (secondary N) is 2. The molecule has 1 unspecified atom stereocenters. The number of amides is 2. The highest BCUT2D eigenvalue weighted by Crippen LogP contribution is 2.02. The summed E-state index contributed by atoms with van der Waals surface area (Å²) in [7, 11) is 0. The molecule has 3 N–H and O–H groups in total. The standard InChI is InChI=1S/C9H18N2O3/c1-2-7(5-12)10-9(13)11-8-3-4-14-6-8/h7-8,12H,2-6H2,1H3,(H2,10,11,13)/t7-,8?/m1/s1. The molecule has 0 aromatic heterocycles. The van der Waals surface area contributed by atoms with Crippen molar-refractivity contribution in [2.75, 3.05) is 19.8 Å². The number of hydrogen-bond acceptors (Lipinski definition) is 3. The maximum atomic E-state index is 11.3. The summed E-state index contributed by atoms with van der Waals surface area (Å²) in [5, 5.41) is 14.3. The van der Waals surface area contributed by atoms with Crippen LogP contribution in [0.4, 0.5) is 4.79 Å². The third-order valence-electron chi connectivity index (χ3n) is 2.31. The first-order valence-corrected chi connectivity index (χ1v) is 5.02. The smallest absolute Gasteiger partial charge is 0.315 e. The predicted molar refractivity (Wildman–Crippen MR) is 52.1 cm³/mol. The van der Waals surface area contributed by atoms with E-state index < -0.39 is 0 Å². The van der Waals surface area contributed by atoms with E-state index in [9.17, 15) is 4.79 Å². The molecular weight excluding hydrogens is 184 g/mol. The predicted octanol–water partition coefficient (Wildman–Crippen LogP) is -0.155. The van der Waals surface area contributed by atoms with Crippen LogP contribution in [0.2, 0.25) is 0 Å². The molecule has 0 aromatic rings. The highest BCUT2D eigenvalue weighted by atomic mass is 16.5. The summed E-state index contributed by atoms with van der Waals surface area (Å²) in [6, 6.07) is -0.259. The quantitative estimate of drug-likeness (QED) is 0.593. The highest BCUT2D eigenvalue weighted by molar-refractivity contribution is 5.74. The maximum absolute atomic E-state index is 11.3. The number of rotatable bonds is 4. The lowest BCUT2D eigenvalue weighted by Crippen LogP contribution is -2.47. The van der Waals surface area contributed by atoms with Gasteiger partial charge >= 0.3 is 6.03 Å². The van der Waals surface area contributed by atoms with Crippen LogP contribution in [0.1, 0.15) is 19.8 Å². The van der Waals surface area contributed by atoms with Gasteiger partial charge in [0.05, 0.1) is 25.3 Å². The molecule has 0 saturated carbocycles. The Morgan fingerprint density at radius 1 is 1.71 bits per heavy atom. The van der Waals surface area contributed by atoms with Crippen LogP contribution in [0.3, 0.4) is 0 Å². The van der Waals surface area contributed by atoms with Crippen molar-refractivity contribution >= 4 is 6.03 Å². The monoisotopic (exact) mass is 202 g/mol. The first-order chi connectivity index (χ1) is 6.76. The molecular formula is C9H18N2O3. The van der Waals surface area contributed by atoms with Gasteiger partial charge < -0.3 is 20.5 Å². The summed E-state index contributed by atoms with van der Waals surface area (Å²) >= 11 is 0. The van der Waals surface area contributed by atoms with Crippen molar-refractivity contribution in [3.63, 3.8) is 0 Å². The Morgan fingerprint density at radius 2 is 2.50 bits per heavy atom. The van der Waals surface area contributed by atoms with Gasteiger partial charge in [-0.3, -0.25) is 0 Å². The first kappa shape index (κ1) is 11.3. The second-order valence-electron chi connectivity index (χ2n) is 3.47. The molecule has 14 heavy (non-hydrogen) atoms. The van der Waals surface area contributed by atoms with Gasteiger partial charge in [-0.25, -0.2) is 4.79 Å². The SMILES string of the molecule is CC[C@H](CO)NC(=O)NC1CCOC1. The van der Waals surface area contributed by atoms with Gasteiger partial charge in [0.1, 0.15) is 0 Å². The minimum Gasteiger partial charge on any atom is -0.394 e. The van der Waals surface area contributed by atoms with E-state index in [1.807, 2.05) is 6.92 Å². The van der Waals surface area contributed by atoms with Crippen molar-refractivity contribution in [3.8, 4) is 0 Å². The van der Waals surface area contributed by atoms with E-state index in [0.29, 0.717) is 13.2 Å². The number of aliphatic hydroxyl groups is 1. The molecule has 5 nitrogen and oxygen atoms in total. The third-order valence-corrected chi connectivity index (χ3v) is 2.31. The van der Waals surface area contributed by atoms with Crippen LogP contribution in [-0.4, -0.2) is 43.0 Å². The zero-order chi connectivity index (χ0) is 10.4. The zero-order valence-electron chi connectivity index (χ0n) is 8.45. The summed E-state index contributed by atoms with van der Waals surface area (Å²) in [6.07, 6.45) is 1.59. The van der Waals surface area contributed by atoms with Gasteiger partial charge in [-0.1, -0.05) is 6.92 Å². The Hall–Kier alpha value is -0.810. The van der Waals surface area contributed by atoms with Crippen LogP contribution in [0.25, 0.3) is 0 Å². The Labute approximate surface area is 83.8 Å². The average Bonchev–Trinajstić information content (AvgIpc) is 2.66. The van der Waals surface area contributed by atoms with Crippen LogP contribution < -0.4 is 10.6 Å². The van der Waals surface area contributed by atoms with E-state index in [1.54, 1.807) is 0 Å². The van der Waals surface area contributed by atoms with Crippen molar-refractivity contribution in [1.29, 1.82) is 0 Å². The fourth-order valence-electron chi connectivity index (χ4n) is 1.34. The lowest BCUT2D eigenvalue weighted by molar-refractivity contribution is 0.186. The summed E-state index contributed by atoms with van der Waals surface area (Å²) in [5.41, 5.74) is 0. The summed E-state index contributed by atoms with van der Waals surface area (Å²) in [5.74, 6) is 0. The third kappa shape index (κ3) is 3.51. The Kier molecular flexibility index (Phi) is 4.69. The molecule has 1 heterocycles. The fourth-order valence-corrected chi connectivity index (χ4v) is 1.34. The lowest BCUT2D eigenvalue weighted by Gasteiger charge is -2.16. The van der Waals surface area contributed by atoms with Gasteiger partial charge in [-0.05, 0) is 12.8 Å². The maximum Gasteiger partial charge on any atom is 0.315 e. The topological polar surface area (TPSA) is 70.6 Å². The van der Waals surface area contributed by atoms with Crippen molar-refractivity contribution in [2.24, 2.45) is 0 Å². The average molecular weight is 202 g/mol. The number of urea groups is 1. The van der Waals surface area contributed by atoms with Crippen LogP contribution in [0.5, 0.6) is 0 Å². The molecule has 0 radical (unpaired) electrons. The molecule has 0 aromatic carbocycles. The lowest BCUT2D eigenvalue weighted by atomic mass is 10.2. The molecule has 1 aliphatic heterocycles. The minimum atomic E-state index is -0.221. The number of hydrogen-bond donors (Lipinski definition) is 3. The molecule has 82 valence electrons. The molecule has 5 heteroatoms. The van der Waals surface area contributed by atoms with Crippen LogP contribution in [-0.2, 0) is 4.74 Å². The number of aliphatic hydroxyl groups excluding tert-OH is 1. The molecule has 1 fully saturated rings. The second-order valence-corrected chi connectivity index (χ2v) is 3.47. The Bertz CT molecular complexity index is 171. The number of carbonyl (C=O) groups excluding carboxylic acids is 1. The Morgan fingerprint density at radius 3 is 3.00 bits per heavy atom.